The van der Waals surface area contributed by atoms with Gasteiger partial charge in [0.25, 0.3) is 5.91 Å². The van der Waals surface area contributed by atoms with Gasteiger partial charge in [0.15, 0.2) is 6.61 Å². The predicted molar refractivity (Wildman–Crippen MR) is 94.6 cm³/mol. The normalized spacial score (nSPS) is 11.0. The van der Waals surface area contributed by atoms with E-state index in [1.54, 1.807) is 0 Å². The van der Waals surface area contributed by atoms with Gasteiger partial charge in [0, 0.05) is 19.5 Å². The lowest BCUT2D eigenvalue weighted by Crippen LogP contribution is -2.30. The molecule has 0 aliphatic carbocycles. The zero-order chi connectivity index (χ0) is 19.6. The van der Waals surface area contributed by atoms with Crippen molar-refractivity contribution in [3.05, 3.63) is 29.8 Å². The summed E-state index contributed by atoms with van der Waals surface area (Å²) in [6.07, 6.45) is 0.890. The van der Waals surface area contributed by atoms with Crippen LogP contribution < -0.4 is 10.0 Å². The molecule has 0 bridgehead atoms. The number of sulfonamides is 1. The molecule has 1 aromatic rings. The smallest absolute Gasteiger partial charge is 0.338 e. The van der Waals surface area contributed by atoms with Crippen LogP contribution in [0.3, 0.4) is 0 Å². The van der Waals surface area contributed by atoms with Gasteiger partial charge >= 0.3 is 5.97 Å². The first-order chi connectivity index (χ1) is 12.3. The van der Waals surface area contributed by atoms with Crippen LogP contribution in [0.4, 0.5) is 0 Å². The van der Waals surface area contributed by atoms with Crippen molar-refractivity contribution in [1.82, 2.24) is 10.0 Å². The molecule has 0 aliphatic rings. The van der Waals surface area contributed by atoms with Gasteiger partial charge in [-0.05, 0) is 36.6 Å². The van der Waals surface area contributed by atoms with Crippen LogP contribution in [0.1, 0.15) is 37.0 Å². The Bertz CT molecular complexity index is 752. The van der Waals surface area contributed by atoms with Crippen LogP contribution in [0.2, 0.25) is 0 Å². The number of rotatable bonds is 10. The van der Waals surface area contributed by atoms with E-state index in [0.717, 1.165) is 6.42 Å². The van der Waals surface area contributed by atoms with E-state index >= 15 is 0 Å². The van der Waals surface area contributed by atoms with Crippen molar-refractivity contribution in [2.75, 3.05) is 19.7 Å². The standard InChI is InChI=1S/C17H23N3O5S/c1-13(2)8-11-19-16(21)12-25-17(22)14-4-6-15(7-5-14)26(23,24)20-10-3-9-18/h4-7,13,20H,3,8,10-12H2,1-2H3,(H,19,21). The summed E-state index contributed by atoms with van der Waals surface area (Å²) in [5.74, 6) is -0.646. The molecule has 2 N–H and O–H groups in total. The Balaban J connectivity index is 2.53. The van der Waals surface area contributed by atoms with Gasteiger partial charge < -0.3 is 10.1 Å². The van der Waals surface area contributed by atoms with Gasteiger partial charge in [0.05, 0.1) is 16.5 Å². The van der Waals surface area contributed by atoms with Gasteiger partial charge in [-0.3, -0.25) is 4.79 Å². The maximum absolute atomic E-state index is 12.0. The molecule has 1 aromatic carbocycles. The molecular formula is C17H23N3O5S. The molecule has 0 fully saturated rings. The van der Waals surface area contributed by atoms with E-state index in [1.165, 1.54) is 24.3 Å². The Morgan fingerprint density at radius 2 is 1.85 bits per heavy atom. The fourth-order valence-electron chi connectivity index (χ4n) is 1.86. The predicted octanol–water partition coefficient (Wildman–Crippen LogP) is 1.20. The molecule has 9 heteroatoms. The van der Waals surface area contributed by atoms with Crippen molar-refractivity contribution in [3.63, 3.8) is 0 Å². The summed E-state index contributed by atoms with van der Waals surface area (Å²) < 4.78 is 31.1. The summed E-state index contributed by atoms with van der Waals surface area (Å²) in [7, 11) is -3.74. The summed E-state index contributed by atoms with van der Waals surface area (Å²) in [6, 6.07) is 6.96. The Morgan fingerprint density at radius 3 is 2.42 bits per heavy atom. The van der Waals surface area contributed by atoms with Crippen molar-refractivity contribution >= 4 is 21.9 Å². The van der Waals surface area contributed by atoms with Crippen LogP contribution in [0.25, 0.3) is 0 Å². The lowest BCUT2D eigenvalue weighted by molar-refractivity contribution is -0.124. The van der Waals surface area contributed by atoms with Gasteiger partial charge in [-0.1, -0.05) is 13.8 Å². The molecule has 26 heavy (non-hydrogen) atoms. The second-order valence-corrected chi connectivity index (χ2v) is 7.71. The fraction of sp³-hybridized carbons (Fsp3) is 0.471. The number of ether oxygens (including phenoxy) is 1. The van der Waals surface area contributed by atoms with Crippen LogP contribution in [-0.4, -0.2) is 40.0 Å². The second kappa shape index (κ2) is 10.5. The number of carbonyl (C=O) groups excluding carboxylic acids is 2. The molecule has 0 aromatic heterocycles. The molecule has 0 saturated carbocycles. The minimum absolute atomic E-state index is 0.00848. The van der Waals surface area contributed by atoms with Gasteiger partial charge in [-0.2, -0.15) is 5.26 Å². The number of benzene rings is 1. The van der Waals surface area contributed by atoms with Crippen LogP contribution >= 0.6 is 0 Å². The summed E-state index contributed by atoms with van der Waals surface area (Å²) in [5, 5.41) is 11.1. The fourth-order valence-corrected chi connectivity index (χ4v) is 2.89. The minimum atomic E-state index is -3.74. The molecule has 8 nitrogen and oxygen atoms in total. The molecule has 0 atom stereocenters. The number of hydrogen-bond acceptors (Lipinski definition) is 6. The third-order valence-electron chi connectivity index (χ3n) is 3.31. The highest BCUT2D eigenvalue weighted by molar-refractivity contribution is 7.89. The van der Waals surface area contributed by atoms with Gasteiger partial charge in [0.1, 0.15) is 0 Å². The van der Waals surface area contributed by atoms with E-state index in [4.69, 9.17) is 10.00 Å². The van der Waals surface area contributed by atoms with Crippen LogP contribution in [-0.2, 0) is 19.6 Å². The number of nitrogens with zero attached hydrogens (tertiary/aromatic N) is 1. The average molecular weight is 381 g/mol. The molecule has 1 rings (SSSR count). The lowest BCUT2D eigenvalue weighted by Gasteiger charge is -2.08. The molecule has 0 spiro atoms. The second-order valence-electron chi connectivity index (χ2n) is 5.94. The molecule has 0 radical (unpaired) electrons. The third-order valence-corrected chi connectivity index (χ3v) is 4.78. The van der Waals surface area contributed by atoms with E-state index in [9.17, 15) is 18.0 Å². The minimum Gasteiger partial charge on any atom is -0.452 e. The van der Waals surface area contributed by atoms with Crippen LogP contribution in [0.15, 0.2) is 29.2 Å². The number of carbonyl (C=O) groups is 2. The SMILES string of the molecule is CC(C)CCNC(=O)COC(=O)c1ccc(S(=O)(=O)NCCC#N)cc1. The zero-order valence-corrected chi connectivity index (χ0v) is 15.6. The van der Waals surface area contributed by atoms with Crippen LogP contribution in [0.5, 0.6) is 0 Å². The lowest BCUT2D eigenvalue weighted by atomic mass is 10.1. The number of amides is 1. The van der Waals surface area contributed by atoms with Gasteiger partial charge in [-0.25, -0.2) is 17.9 Å². The number of hydrogen-bond donors (Lipinski definition) is 2. The number of nitriles is 1. The third kappa shape index (κ3) is 7.63. The highest BCUT2D eigenvalue weighted by Crippen LogP contribution is 2.11. The zero-order valence-electron chi connectivity index (χ0n) is 14.8. The maximum atomic E-state index is 12.0. The first kappa shape index (κ1) is 21.6. The van der Waals surface area contributed by atoms with Gasteiger partial charge in [-0.15, -0.1) is 0 Å². The molecule has 142 valence electrons. The van der Waals surface area contributed by atoms with Crippen molar-refractivity contribution < 1.29 is 22.7 Å². The molecule has 1 amide bonds. The monoisotopic (exact) mass is 381 g/mol. The highest BCUT2D eigenvalue weighted by Gasteiger charge is 2.15. The molecule has 0 saturated heterocycles. The maximum Gasteiger partial charge on any atom is 0.338 e. The van der Waals surface area contributed by atoms with Crippen molar-refractivity contribution in [2.24, 2.45) is 5.92 Å². The van der Waals surface area contributed by atoms with Crippen molar-refractivity contribution in [3.8, 4) is 6.07 Å². The number of esters is 1. The summed E-state index contributed by atoms with van der Waals surface area (Å²) in [6.45, 7) is 4.20. The first-order valence-corrected chi connectivity index (χ1v) is 9.65. The van der Waals surface area contributed by atoms with E-state index in [1.807, 2.05) is 19.9 Å². The van der Waals surface area contributed by atoms with E-state index in [-0.39, 0.29) is 29.3 Å². The largest absolute Gasteiger partial charge is 0.452 e. The number of nitrogens with one attached hydrogen (secondary N) is 2. The average Bonchev–Trinajstić information content (AvgIpc) is 2.59. The summed E-state index contributed by atoms with van der Waals surface area (Å²) in [5.41, 5.74) is 0.135. The quantitative estimate of drug-likeness (QED) is 0.463. The first-order valence-electron chi connectivity index (χ1n) is 8.16. The molecular weight excluding hydrogens is 358 g/mol. The van der Waals surface area contributed by atoms with Crippen molar-refractivity contribution in [1.29, 1.82) is 5.26 Å². The highest BCUT2D eigenvalue weighted by atomic mass is 32.2. The van der Waals surface area contributed by atoms with Crippen LogP contribution in [0, 0.1) is 17.2 Å². The Labute approximate surface area is 153 Å². The molecule has 0 unspecified atom stereocenters. The van der Waals surface area contributed by atoms with E-state index in [0.29, 0.717) is 12.5 Å². The Kier molecular flexibility index (Phi) is 8.75. The van der Waals surface area contributed by atoms with Gasteiger partial charge in [0.2, 0.25) is 10.0 Å². The van der Waals surface area contributed by atoms with Crippen molar-refractivity contribution in [2.45, 2.75) is 31.6 Å². The van der Waals surface area contributed by atoms with E-state index in [2.05, 4.69) is 10.0 Å². The summed E-state index contributed by atoms with van der Waals surface area (Å²) in [4.78, 5) is 23.4. The van der Waals surface area contributed by atoms with E-state index < -0.39 is 22.6 Å². The Hall–Kier alpha value is -2.44. The Morgan fingerprint density at radius 1 is 1.19 bits per heavy atom. The molecule has 0 aliphatic heterocycles. The topological polar surface area (TPSA) is 125 Å². The summed E-state index contributed by atoms with van der Waals surface area (Å²) >= 11 is 0. The molecule has 0 heterocycles.